The number of aryl methyl sites for hydroxylation is 2. The molecule has 3 saturated carbocycles. The van der Waals surface area contributed by atoms with Gasteiger partial charge in [-0.3, -0.25) is 14.3 Å². The molecule has 1 aliphatic heterocycles. The number of nitrogens with one attached hydrogen (secondary N) is 1. The van der Waals surface area contributed by atoms with Crippen LogP contribution < -0.4 is 15.6 Å². The van der Waals surface area contributed by atoms with Gasteiger partial charge in [0, 0.05) is 64.7 Å². The number of halogens is 1. The Morgan fingerprint density at radius 2 is 1.89 bits per heavy atom. The van der Waals surface area contributed by atoms with E-state index in [4.69, 9.17) is 14.5 Å². The molecule has 248 valence electrons. The van der Waals surface area contributed by atoms with Crippen LogP contribution in [0.3, 0.4) is 0 Å². The van der Waals surface area contributed by atoms with E-state index in [9.17, 15) is 9.18 Å². The zero-order valence-electron chi connectivity index (χ0n) is 28.0. The van der Waals surface area contributed by atoms with E-state index >= 15 is 0 Å². The van der Waals surface area contributed by atoms with E-state index in [1.807, 2.05) is 18.2 Å². The fourth-order valence-corrected chi connectivity index (χ4v) is 7.88. The number of hydrogen-bond donors (Lipinski definition) is 1. The van der Waals surface area contributed by atoms with Crippen LogP contribution in [0.1, 0.15) is 45.6 Å². The number of rotatable bonds is 10. The van der Waals surface area contributed by atoms with Gasteiger partial charge in [-0.25, -0.2) is 14.4 Å². The van der Waals surface area contributed by atoms with E-state index < -0.39 is 0 Å². The number of anilines is 1. The van der Waals surface area contributed by atoms with Gasteiger partial charge >= 0.3 is 0 Å². The number of hydrogen-bond acceptors (Lipinski definition) is 6. The van der Waals surface area contributed by atoms with Gasteiger partial charge in [0.05, 0.1) is 30.4 Å². The Kier molecular flexibility index (Phi) is 9.66. The molecule has 10 heteroatoms. The predicted octanol–water partition coefficient (Wildman–Crippen LogP) is 5.28. The SMILES string of the molecule is COCCCN1CCN(C(=NC2C[C@@H]3C[C@H]([C@@H]2C)C3(C)C)Nc2ccc3c(=O)n(CCc4ccc(OC)cc4F)cnc3c2)CC1. The summed E-state index contributed by atoms with van der Waals surface area (Å²) < 4.78 is 26.4. The van der Waals surface area contributed by atoms with Crippen LogP contribution in [-0.2, 0) is 17.7 Å². The first-order valence-electron chi connectivity index (χ1n) is 16.8. The molecule has 1 aromatic heterocycles. The fourth-order valence-electron chi connectivity index (χ4n) is 7.88. The molecule has 4 atom stereocenters. The van der Waals surface area contributed by atoms with Crippen molar-refractivity contribution in [1.29, 1.82) is 0 Å². The lowest BCUT2D eigenvalue weighted by Crippen LogP contribution is -2.57. The Bertz CT molecular complexity index is 1620. The van der Waals surface area contributed by atoms with Crippen LogP contribution in [0.2, 0.25) is 0 Å². The summed E-state index contributed by atoms with van der Waals surface area (Å²) in [6.07, 6.45) is 5.43. The van der Waals surface area contributed by atoms with Crippen molar-refractivity contribution < 1.29 is 13.9 Å². The third kappa shape index (κ3) is 6.65. The molecule has 2 aromatic carbocycles. The lowest BCUT2D eigenvalue weighted by Gasteiger charge is -2.61. The van der Waals surface area contributed by atoms with Crippen molar-refractivity contribution in [2.75, 3.05) is 58.9 Å². The van der Waals surface area contributed by atoms with Crippen molar-refractivity contribution in [2.45, 2.75) is 59.0 Å². The second-order valence-electron chi connectivity index (χ2n) is 14.0. The summed E-state index contributed by atoms with van der Waals surface area (Å²) in [6.45, 7) is 13.2. The highest BCUT2D eigenvalue weighted by molar-refractivity contribution is 5.96. The number of methoxy groups -OCH3 is 2. The monoisotopic (exact) mass is 632 g/mol. The fraction of sp³-hybridized carbons (Fsp3) is 0.583. The number of guanidine groups is 1. The molecule has 1 N–H and O–H groups in total. The summed E-state index contributed by atoms with van der Waals surface area (Å²) in [6, 6.07) is 10.8. The van der Waals surface area contributed by atoms with Gasteiger partial charge in [0.2, 0.25) is 0 Å². The molecule has 0 spiro atoms. The Hall–Kier alpha value is -3.50. The summed E-state index contributed by atoms with van der Waals surface area (Å²) in [5.74, 6) is 3.03. The Morgan fingerprint density at radius 3 is 2.59 bits per heavy atom. The first-order chi connectivity index (χ1) is 22.2. The molecule has 3 aromatic rings. The maximum absolute atomic E-state index is 14.5. The third-order valence-electron chi connectivity index (χ3n) is 11.1. The highest BCUT2D eigenvalue weighted by Crippen LogP contribution is 2.61. The normalized spacial score (nSPS) is 24.6. The smallest absolute Gasteiger partial charge is 0.261 e. The van der Waals surface area contributed by atoms with E-state index in [1.165, 1.54) is 19.6 Å². The number of benzene rings is 2. The number of piperazine rings is 1. The van der Waals surface area contributed by atoms with Gasteiger partial charge in [0.1, 0.15) is 11.6 Å². The summed E-state index contributed by atoms with van der Waals surface area (Å²) in [5, 5.41) is 4.20. The maximum atomic E-state index is 14.5. The van der Waals surface area contributed by atoms with Crippen LogP contribution >= 0.6 is 0 Å². The van der Waals surface area contributed by atoms with E-state index in [0.29, 0.717) is 58.5 Å². The minimum absolute atomic E-state index is 0.137. The average Bonchev–Trinajstić information content (AvgIpc) is 3.05. The molecule has 3 aliphatic carbocycles. The molecule has 2 heterocycles. The largest absolute Gasteiger partial charge is 0.497 e. The van der Waals surface area contributed by atoms with Crippen LogP contribution in [0.4, 0.5) is 10.1 Å². The van der Waals surface area contributed by atoms with Gasteiger partial charge in [-0.2, -0.15) is 0 Å². The van der Waals surface area contributed by atoms with E-state index in [0.717, 1.165) is 69.7 Å². The van der Waals surface area contributed by atoms with Crippen molar-refractivity contribution in [3.63, 3.8) is 0 Å². The number of aliphatic imine (C=N–C) groups is 1. The molecule has 0 radical (unpaired) electrons. The molecular formula is C36H49FN6O3. The second kappa shape index (κ2) is 13.7. The molecule has 9 nitrogen and oxygen atoms in total. The molecule has 7 rings (SSSR count). The van der Waals surface area contributed by atoms with Crippen LogP contribution in [-0.4, -0.2) is 84.9 Å². The van der Waals surface area contributed by atoms with Crippen molar-refractivity contribution in [3.8, 4) is 5.75 Å². The van der Waals surface area contributed by atoms with Gasteiger partial charge in [0.15, 0.2) is 5.96 Å². The van der Waals surface area contributed by atoms with Gasteiger partial charge in [0.25, 0.3) is 5.56 Å². The molecule has 1 saturated heterocycles. The highest BCUT2D eigenvalue weighted by atomic mass is 19.1. The average molecular weight is 633 g/mol. The Labute approximate surface area is 271 Å². The zero-order chi connectivity index (χ0) is 32.4. The molecule has 1 unspecified atom stereocenters. The molecule has 4 fully saturated rings. The van der Waals surface area contributed by atoms with E-state index in [2.05, 4.69) is 40.9 Å². The van der Waals surface area contributed by atoms with Crippen molar-refractivity contribution in [3.05, 3.63) is 64.5 Å². The van der Waals surface area contributed by atoms with Crippen LogP contribution in [0.5, 0.6) is 5.75 Å². The van der Waals surface area contributed by atoms with Gasteiger partial charge in [-0.15, -0.1) is 0 Å². The zero-order valence-corrected chi connectivity index (χ0v) is 28.0. The summed E-state index contributed by atoms with van der Waals surface area (Å²) in [4.78, 5) is 28.3. The van der Waals surface area contributed by atoms with Gasteiger partial charge in [-0.05, 0) is 78.7 Å². The summed E-state index contributed by atoms with van der Waals surface area (Å²) in [7, 11) is 3.27. The molecule has 0 amide bonds. The quantitative estimate of drug-likeness (QED) is 0.185. The summed E-state index contributed by atoms with van der Waals surface area (Å²) >= 11 is 0. The van der Waals surface area contributed by atoms with E-state index in [1.54, 1.807) is 30.1 Å². The highest BCUT2D eigenvalue weighted by Gasteiger charge is 2.56. The Morgan fingerprint density at radius 1 is 1.09 bits per heavy atom. The topological polar surface area (TPSA) is 84.2 Å². The first-order valence-corrected chi connectivity index (χ1v) is 16.8. The maximum Gasteiger partial charge on any atom is 0.261 e. The molecular weight excluding hydrogens is 583 g/mol. The summed E-state index contributed by atoms with van der Waals surface area (Å²) in [5.41, 5.74) is 2.29. The first kappa shape index (κ1) is 32.4. The molecule has 2 bridgehead atoms. The second-order valence-corrected chi connectivity index (χ2v) is 14.0. The molecule has 4 aliphatic rings. The van der Waals surface area contributed by atoms with E-state index in [-0.39, 0.29) is 11.4 Å². The van der Waals surface area contributed by atoms with Crippen LogP contribution in [0.25, 0.3) is 10.9 Å². The van der Waals surface area contributed by atoms with Gasteiger partial charge in [-0.1, -0.05) is 26.8 Å². The Balaban J connectivity index is 1.19. The van der Waals surface area contributed by atoms with Crippen molar-refractivity contribution >= 4 is 22.5 Å². The lowest BCUT2D eigenvalue weighted by molar-refractivity contribution is -0.108. The van der Waals surface area contributed by atoms with Crippen LogP contribution in [0.15, 0.2) is 52.5 Å². The van der Waals surface area contributed by atoms with Crippen molar-refractivity contribution in [1.82, 2.24) is 19.4 Å². The minimum atomic E-state index is -0.342. The van der Waals surface area contributed by atoms with Gasteiger partial charge < -0.3 is 19.7 Å². The standard InChI is InChI=1S/C36H49FN6O3/c1-24-30-19-26(36(30,2)3)20-32(24)40-35(42-16-14-41(15-17-42)12-6-18-45-4)39-27-8-10-29-33(21-27)38-23-43(34(29)44)13-11-25-7-9-28(46-5)22-31(25)37/h7-10,21-24,26,30,32H,6,11-20H2,1-5H3,(H,39,40)/t24-,26-,30+,32?/m0/s1. The molecule has 46 heavy (non-hydrogen) atoms. The predicted molar refractivity (Wildman–Crippen MR) is 181 cm³/mol. The number of nitrogens with zero attached hydrogens (tertiary/aromatic N) is 5. The third-order valence-corrected chi connectivity index (χ3v) is 11.1. The lowest BCUT2D eigenvalue weighted by atomic mass is 9.45. The van der Waals surface area contributed by atoms with Crippen LogP contribution in [0, 0.1) is 29.0 Å². The number of aromatic nitrogens is 2. The number of ether oxygens (including phenoxy) is 2. The minimum Gasteiger partial charge on any atom is -0.497 e. The number of fused-ring (bicyclic) bond motifs is 3. The van der Waals surface area contributed by atoms with Crippen molar-refractivity contribution in [2.24, 2.45) is 28.2 Å².